The maximum absolute atomic E-state index is 10.6. The first-order valence-electron chi connectivity index (χ1n) is 4.38. The highest BCUT2D eigenvalue weighted by Gasteiger charge is 2.10. The van der Waals surface area contributed by atoms with E-state index in [1.807, 2.05) is 31.2 Å². The third-order valence-corrected chi connectivity index (χ3v) is 2.08. The van der Waals surface area contributed by atoms with Crippen molar-refractivity contribution in [2.75, 3.05) is 0 Å². The lowest BCUT2D eigenvalue weighted by Crippen LogP contribution is -2.12. The smallest absolute Gasteiger partial charge is 0.306 e. The van der Waals surface area contributed by atoms with Crippen molar-refractivity contribution in [3.63, 3.8) is 0 Å². The molecule has 0 saturated heterocycles. The molecule has 80 valence electrons. The molecule has 0 spiro atoms. The third kappa shape index (κ3) is 2.90. The van der Waals surface area contributed by atoms with Gasteiger partial charge < -0.3 is 5.11 Å². The van der Waals surface area contributed by atoms with Gasteiger partial charge in [0.15, 0.2) is 0 Å². The van der Waals surface area contributed by atoms with Crippen LogP contribution in [0.2, 0.25) is 0 Å². The molecule has 1 atom stereocenters. The van der Waals surface area contributed by atoms with E-state index in [-0.39, 0.29) is 13.1 Å². The Morgan fingerprint density at radius 1 is 1.46 bits per heavy atom. The molecule has 1 N–H and O–H groups in total. The van der Waals surface area contributed by atoms with E-state index in [1.54, 1.807) is 6.92 Å². The van der Waals surface area contributed by atoms with Crippen molar-refractivity contribution in [1.82, 2.24) is 0 Å². The monoisotopic (exact) mass is 188 g/mol. The number of hydrogen-bond acceptors (Lipinski definition) is 1. The van der Waals surface area contributed by atoms with Gasteiger partial charge in [0.2, 0.25) is 0 Å². The Hall–Kier alpha value is -1.31. The number of aryl methyl sites for hydroxylation is 1. The lowest BCUT2D eigenvalue weighted by Gasteiger charge is -2.05. The van der Waals surface area contributed by atoms with Crippen LogP contribution >= 0.6 is 0 Å². The van der Waals surface area contributed by atoms with Crippen molar-refractivity contribution in [3.8, 4) is 0 Å². The molecule has 0 aliphatic heterocycles. The zero-order chi connectivity index (χ0) is 9.84. The predicted octanol–water partition coefficient (Wildman–Crippen LogP) is 3.49. The fraction of sp³-hybridized carbons (Fsp3) is 0.364. The van der Waals surface area contributed by atoms with Gasteiger partial charge >= 0.3 is 5.97 Å². The van der Waals surface area contributed by atoms with Gasteiger partial charge in [0.1, 0.15) is 0 Å². The van der Waals surface area contributed by atoms with Crippen molar-refractivity contribution in [3.05, 3.63) is 35.4 Å². The lowest BCUT2D eigenvalue weighted by molar-refractivity contribution is -0.141. The molecule has 0 aromatic heterocycles. The molecule has 0 aliphatic carbocycles. The third-order valence-electron chi connectivity index (χ3n) is 2.08. The number of hydrogen-bond donors (Lipinski definition) is 1. The van der Waals surface area contributed by atoms with Gasteiger partial charge in [-0.05, 0) is 18.9 Å². The number of aliphatic carboxylic acids is 1. The standard InChI is InChI=1S/C11H14O2.5H2/c1-8-3-5-10(6-4-8)7-9(2)11(12)13;;;;;/h3-6,9H,7H2,1-2H3,(H,12,13);5*1H/t9-;;;;;/m1...../s1. The summed E-state index contributed by atoms with van der Waals surface area (Å²) in [6.45, 7) is 3.74. The quantitative estimate of drug-likeness (QED) is 0.788. The van der Waals surface area contributed by atoms with Crippen LogP contribution in [0.1, 0.15) is 25.2 Å². The molecule has 1 aromatic rings. The van der Waals surface area contributed by atoms with Gasteiger partial charge in [0.25, 0.3) is 0 Å². The summed E-state index contributed by atoms with van der Waals surface area (Å²) in [4.78, 5) is 10.6. The maximum Gasteiger partial charge on any atom is 0.306 e. The van der Waals surface area contributed by atoms with Crippen LogP contribution in [0, 0.1) is 12.8 Å². The molecule has 0 heterocycles. The molecule has 0 fully saturated rings. The maximum atomic E-state index is 10.6. The van der Waals surface area contributed by atoms with Crippen LogP contribution in [0.4, 0.5) is 0 Å². The summed E-state index contributed by atoms with van der Waals surface area (Å²) in [5.74, 6) is -1.04. The summed E-state index contributed by atoms with van der Waals surface area (Å²) in [6.07, 6.45) is 0.607. The predicted molar refractivity (Wildman–Crippen MR) is 62.3 cm³/mol. The summed E-state index contributed by atoms with van der Waals surface area (Å²) in [5.41, 5.74) is 2.28. The van der Waals surface area contributed by atoms with Crippen LogP contribution in [-0.4, -0.2) is 11.1 Å². The van der Waals surface area contributed by atoms with E-state index in [0.717, 1.165) is 5.56 Å². The van der Waals surface area contributed by atoms with Gasteiger partial charge in [-0.1, -0.05) is 36.8 Å². The molecule has 0 unspecified atom stereocenters. The molecule has 1 rings (SSSR count). The number of rotatable bonds is 3. The summed E-state index contributed by atoms with van der Waals surface area (Å²) < 4.78 is 0. The number of carboxylic acid groups (broad SMARTS) is 1. The highest BCUT2D eigenvalue weighted by atomic mass is 16.4. The van der Waals surface area contributed by atoms with E-state index in [0.29, 0.717) is 6.42 Å². The first kappa shape index (κ1) is 9.78. The largest absolute Gasteiger partial charge is 0.481 e. The molecule has 0 bridgehead atoms. The van der Waals surface area contributed by atoms with Gasteiger partial charge in [-0.25, -0.2) is 0 Å². The minimum Gasteiger partial charge on any atom is -0.481 e. The molecule has 1 aromatic carbocycles. The molecule has 2 nitrogen and oxygen atoms in total. The summed E-state index contributed by atoms with van der Waals surface area (Å²) in [6, 6.07) is 7.97. The van der Waals surface area contributed by atoms with Crippen LogP contribution in [-0.2, 0) is 11.2 Å². The molecule has 0 aliphatic rings. The van der Waals surface area contributed by atoms with Crippen LogP contribution in [0.25, 0.3) is 0 Å². The first-order chi connectivity index (χ1) is 6.09. The summed E-state index contributed by atoms with van der Waals surface area (Å²) >= 11 is 0. The lowest BCUT2D eigenvalue weighted by atomic mass is 10.0. The Balaban J connectivity index is -0.000000113. The van der Waals surface area contributed by atoms with E-state index < -0.39 is 5.97 Å². The SMILES string of the molecule is Cc1ccc(C[C@@H](C)C(=O)O)cc1.[HH].[HH].[HH].[HH].[HH]. The first-order valence-corrected chi connectivity index (χ1v) is 4.38. The van der Waals surface area contributed by atoms with E-state index in [4.69, 9.17) is 5.11 Å². The highest BCUT2D eigenvalue weighted by Crippen LogP contribution is 2.09. The second kappa shape index (κ2) is 4.08. The molecule has 2 heteroatoms. The second-order valence-electron chi connectivity index (χ2n) is 3.43. The highest BCUT2D eigenvalue weighted by molar-refractivity contribution is 5.69. The van der Waals surface area contributed by atoms with Crippen LogP contribution in [0.5, 0.6) is 0 Å². The van der Waals surface area contributed by atoms with Crippen LogP contribution in [0.3, 0.4) is 0 Å². The summed E-state index contributed by atoms with van der Waals surface area (Å²) in [5, 5.41) is 8.70. The average Bonchev–Trinajstić information content (AvgIpc) is 2.08. The Morgan fingerprint density at radius 2 is 2.00 bits per heavy atom. The molecule has 13 heavy (non-hydrogen) atoms. The number of carbonyl (C=O) groups is 1. The van der Waals surface area contributed by atoms with Crippen molar-refractivity contribution in [1.29, 1.82) is 0 Å². The van der Waals surface area contributed by atoms with Gasteiger partial charge in [-0.2, -0.15) is 0 Å². The minimum atomic E-state index is -0.736. The second-order valence-corrected chi connectivity index (χ2v) is 3.43. The zero-order valence-corrected chi connectivity index (χ0v) is 7.95. The van der Waals surface area contributed by atoms with E-state index in [1.165, 1.54) is 5.56 Å². The Morgan fingerprint density at radius 3 is 2.46 bits per heavy atom. The van der Waals surface area contributed by atoms with Crippen molar-refractivity contribution in [2.45, 2.75) is 20.3 Å². The molecular weight excluding hydrogens is 164 g/mol. The van der Waals surface area contributed by atoms with Crippen LogP contribution < -0.4 is 0 Å². The molecular formula is C11H24O2. The number of carboxylic acids is 1. The van der Waals surface area contributed by atoms with Crippen molar-refractivity contribution >= 4 is 5.97 Å². The Bertz CT molecular complexity index is 303. The van der Waals surface area contributed by atoms with Gasteiger partial charge in [-0.15, -0.1) is 0 Å². The average molecular weight is 188 g/mol. The van der Waals surface area contributed by atoms with E-state index in [9.17, 15) is 4.79 Å². The van der Waals surface area contributed by atoms with Crippen molar-refractivity contribution < 1.29 is 17.0 Å². The van der Waals surface area contributed by atoms with Gasteiger partial charge in [0, 0.05) is 7.13 Å². The zero-order valence-electron chi connectivity index (χ0n) is 7.95. The minimum absolute atomic E-state index is 0. The molecule has 0 amide bonds. The fourth-order valence-electron chi connectivity index (χ4n) is 1.17. The Kier molecular flexibility index (Phi) is 3.07. The van der Waals surface area contributed by atoms with E-state index >= 15 is 0 Å². The normalized spacial score (nSPS) is 12.5. The molecule has 0 saturated carbocycles. The molecule has 0 radical (unpaired) electrons. The van der Waals surface area contributed by atoms with Gasteiger partial charge in [0.05, 0.1) is 5.92 Å². The van der Waals surface area contributed by atoms with Crippen molar-refractivity contribution in [2.24, 2.45) is 5.92 Å². The summed E-state index contributed by atoms with van der Waals surface area (Å²) in [7, 11) is 0. The Labute approximate surface area is 85.6 Å². The number of benzene rings is 1. The van der Waals surface area contributed by atoms with E-state index in [2.05, 4.69) is 0 Å². The van der Waals surface area contributed by atoms with Gasteiger partial charge in [-0.3, -0.25) is 4.79 Å². The van der Waals surface area contributed by atoms with Crippen LogP contribution in [0.15, 0.2) is 24.3 Å². The fourth-order valence-corrected chi connectivity index (χ4v) is 1.17. The topological polar surface area (TPSA) is 37.3 Å².